The third-order valence-electron chi connectivity index (χ3n) is 5.36. The van der Waals surface area contributed by atoms with Crippen LogP contribution in [-0.2, 0) is 14.2 Å². The van der Waals surface area contributed by atoms with E-state index < -0.39 is 0 Å². The molecule has 4 heteroatoms. The van der Waals surface area contributed by atoms with E-state index in [1.807, 2.05) is 0 Å². The molecule has 0 radical (unpaired) electrons. The second kappa shape index (κ2) is 6.73. The molecule has 0 aromatic rings. The van der Waals surface area contributed by atoms with E-state index in [0.717, 1.165) is 58.3 Å². The maximum atomic E-state index is 6.19. The normalized spacial score (nSPS) is 35.2. The number of nitrogens with one attached hydrogen (secondary N) is 1. The molecule has 3 aliphatic rings. The fourth-order valence-corrected chi connectivity index (χ4v) is 4.25. The first kappa shape index (κ1) is 14.8. The van der Waals surface area contributed by atoms with E-state index in [2.05, 4.69) is 12.2 Å². The average Bonchev–Trinajstić information content (AvgIpc) is 2.99. The van der Waals surface area contributed by atoms with Crippen molar-refractivity contribution in [3.63, 3.8) is 0 Å². The third kappa shape index (κ3) is 3.19. The third-order valence-corrected chi connectivity index (χ3v) is 5.36. The highest BCUT2D eigenvalue weighted by Gasteiger charge is 2.43. The summed E-state index contributed by atoms with van der Waals surface area (Å²) in [6.45, 7) is 7.79. The van der Waals surface area contributed by atoms with Gasteiger partial charge in [-0.15, -0.1) is 0 Å². The van der Waals surface area contributed by atoms with Crippen LogP contribution in [0.2, 0.25) is 0 Å². The molecule has 4 nitrogen and oxygen atoms in total. The molecule has 3 unspecified atom stereocenters. The van der Waals surface area contributed by atoms with E-state index in [1.165, 1.54) is 19.3 Å². The van der Waals surface area contributed by atoms with Crippen molar-refractivity contribution in [2.24, 2.45) is 11.8 Å². The zero-order valence-electron chi connectivity index (χ0n) is 12.7. The second-order valence-corrected chi connectivity index (χ2v) is 6.60. The average molecular weight is 283 g/mol. The molecule has 3 atom stereocenters. The van der Waals surface area contributed by atoms with Crippen LogP contribution in [0.3, 0.4) is 0 Å². The fourth-order valence-electron chi connectivity index (χ4n) is 4.25. The monoisotopic (exact) mass is 283 g/mol. The van der Waals surface area contributed by atoms with Gasteiger partial charge < -0.3 is 19.5 Å². The van der Waals surface area contributed by atoms with E-state index in [0.29, 0.717) is 12.0 Å². The van der Waals surface area contributed by atoms with Gasteiger partial charge in [-0.2, -0.15) is 0 Å². The Balaban J connectivity index is 1.66. The highest BCUT2D eigenvalue weighted by Crippen LogP contribution is 2.40. The standard InChI is InChI=1S/C16H29NO3/c1-2-17-15(14-3-7-19-12-14)13-4-8-20-16(11-13)5-9-18-10-6-16/h13-15,17H,2-12H2,1H3. The Labute approximate surface area is 122 Å². The van der Waals surface area contributed by atoms with Gasteiger partial charge in [0.2, 0.25) is 0 Å². The number of hydrogen-bond donors (Lipinski definition) is 1. The molecule has 1 N–H and O–H groups in total. The zero-order valence-corrected chi connectivity index (χ0v) is 12.7. The minimum Gasteiger partial charge on any atom is -0.381 e. The van der Waals surface area contributed by atoms with Crippen molar-refractivity contribution in [2.45, 2.75) is 50.7 Å². The molecule has 0 aromatic carbocycles. The molecule has 0 saturated carbocycles. The Morgan fingerprint density at radius 1 is 1.05 bits per heavy atom. The first-order valence-electron chi connectivity index (χ1n) is 8.36. The van der Waals surface area contributed by atoms with E-state index >= 15 is 0 Å². The van der Waals surface area contributed by atoms with Gasteiger partial charge in [-0.25, -0.2) is 0 Å². The molecule has 3 aliphatic heterocycles. The summed E-state index contributed by atoms with van der Waals surface area (Å²) in [5.41, 5.74) is 0.105. The molecule has 0 amide bonds. The van der Waals surface area contributed by atoms with Gasteiger partial charge in [0.05, 0.1) is 12.2 Å². The molecule has 0 aliphatic carbocycles. The van der Waals surface area contributed by atoms with Gasteiger partial charge in [-0.3, -0.25) is 0 Å². The molecule has 3 fully saturated rings. The van der Waals surface area contributed by atoms with Crippen LogP contribution in [0.25, 0.3) is 0 Å². The lowest BCUT2D eigenvalue weighted by atomic mass is 9.74. The molecule has 116 valence electrons. The highest BCUT2D eigenvalue weighted by molar-refractivity contribution is 4.95. The first-order valence-corrected chi connectivity index (χ1v) is 8.36. The van der Waals surface area contributed by atoms with Gasteiger partial charge in [-0.05, 0) is 44.6 Å². The largest absolute Gasteiger partial charge is 0.381 e. The summed E-state index contributed by atoms with van der Waals surface area (Å²) in [6.07, 6.45) is 5.75. The predicted octanol–water partition coefficient (Wildman–Crippen LogP) is 1.98. The van der Waals surface area contributed by atoms with Crippen molar-refractivity contribution in [2.75, 3.05) is 39.6 Å². The molecule has 3 heterocycles. The lowest BCUT2D eigenvalue weighted by Gasteiger charge is -2.46. The van der Waals surface area contributed by atoms with E-state index in [9.17, 15) is 0 Å². The van der Waals surface area contributed by atoms with Crippen LogP contribution in [-0.4, -0.2) is 51.2 Å². The van der Waals surface area contributed by atoms with Crippen LogP contribution in [0.5, 0.6) is 0 Å². The van der Waals surface area contributed by atoms with Crippen LogP contribution in [0.1, 0.15) is 39.0 Å². The number of ether oxygens (including phenoxy) is 3. The smallest absolute Gasteiger partial charge is 0.0729 e. The first-order chi connectivity index (χ1) is 9.83. The van der Waals surface area contributed by atoms with Gasteiger partial charge in [0, 0.05) is 38.4 Å². The predicted molar refractivity (Wildman–Crippen MR) is 77.9 cm³/mol. The van der Waals surface area contributed by atoms with Gasteiger partial charge >= 0.3 is 0 Å². The summed E-state index contributed by atoms with van der Waals surface area (Å²) in [5, 5.41) is 3.75. The number of rotatable bonds is 4. The summed E-state index contributed by atoms with van der Waals surface area (Å²) in [4.78, 5) is 0. The maximum Gasteiger partial charge on any atom is 0.0729 e. The summed E-state index contributed by atoms with van der Waals surface area (Å²) in [5.74, 6) is 1.42. The highest BCUT2D eigenvalue weighted by atomic mass is 16.5. The van der Waals surface area contributed by atoms with Crippen molar-refractivity contribution in [1.82, 2.24) is 5.32 Å². The minimum absolute atomic E-state index is 0.105. The molecular weight excluding hydrogens is 254 g/mol. The molecule has 1 spiro atoms. The van der Waals surface area contributed by atoms with Crippen molar-refractivity contribution >= 4 is 0 Å². The summed E-state index contributed by atoms with van der Waals surface area (Å²) in [6, 6.07) is 0.603. The molecule has 0 bridgehead atoms. The van der Waals surface area contributed by atoms with E-state index in [-0.39, 0.29) is 5.60 Å². The fraction of sp³-hybridized carbons (Fsp3) is 1.00. The molecule has 3 rings (SSSR count). The lowest BCUT2D eigenvalue weighted by molar-refractivity contribution is -0.151. The van der Waals surface area contributed by atoms with Crippen LogP contribution in [0.4, 0.5) is 0 Å². The Hall–Kier alpha value is -0.160. The Morgan fingerprint density at radius 3 is 2.55 bits per heavy atom. The van der Waals surface area contributed by atoms with Crippen LogP contribution in [0.15, 0.2) is 0 Å². The van der Waals surface area contributed by atoms with E-state index in [1.54, 1.807) is 0 Å². The van der Waals surface area contributed by atoms with Crippen LogP contribution >= 0.6 is 0 Å². The Kier molecular flexibility index (Phi) is 4.97. The Bertz CT molecular complexity index is 293. The van der Waals surface area contributed by atoms with Crippen molar-refractivity contribution < 1.29 is 14.2 Å². The quantitative estimate of drug-likeness (QED) is 0.856. The molecule has 3 saturated heterocycles. The summed E-state index contributed by atoms with van der Waals surface area (Å²) >= 11 is 0. The summed E-state index contributed by atoms with van der Waals surface area (Å²) < 4.78 is 17.3. The van der Waals surface area contributed by atoms with Gasteiger partial charge in [0.15, 0.2) is 0 Å². The second-order valence-electron chi connectivity index (χ2n) is 6.60. The topological polar surface area (TPSA) is 39.7 Å². The molecular formula is C16H29NO3. The van der Waals surface area contributed by atoms with E-state index in [4.69, 9.17) is 14.2 Å². The number of hydrogen-bond acceptors (Lipinski definition) is 4. The lowest BCUT2D eigenvalue weighted by Crippen LogP contribution is -2.51. The van der Waals surface area contributed by atoms with Gasteiger partial charge in [0.1, 0.15) is 0 Å². The SMILES string of the molecule is CCNC(C1CCOC1)C1CCOC2(CCOCC2)C1. The van der Waals surface area contributed by atoms with Gasteiger partial charge in [0.25, 0.3) is 0 Å². The van der Waals surface area contributed by atoms with Crippen molar-refractivity contribution in [1.29, 1.82) is 0 Å². The van der Waals surface area contributed by atoms with Crippen molar-refractivity contribution in [3.05, 3.63) is 0 Å². The van der Waals surface area contributed by atoms with Crippen LogP contribution < -0.4 is 5.32 Å². The van der Waals surface area contributed by atoms with Crippen LogP contribution in [0, 0.1) is 11.8 Å². The summed E-state index contributed by atoms with van der Waals surface area (Å²) in [7, 11) is 0. The zero-order chi connectivity index (χ0) is 13.8. The van der Waals surface area contributed by atoms with Crippen molar-refractivity contribution in [3.8, 4) is 0 Å². The minimum atomic E-state index is 0.105. The molecule has 20 heavy (non-hydrogen) atoms. The van der Waals surface area contributed by atoms with Gasteiger partial charge in [-0.1, -0.05) is 6.92 Å². The maximum absolute atomic E-state index is 6.19. The molecule has 0 aromatic heterocycles. The Morgan fingerprint density at radius 2 is 1.85 bits per heavy atom.